The maximum atomic E-state index is 14.1. The number of halogens is 2. The van der Waals surface area contributed by atoms with Crippen LogP contribution in [0, 0.1) is 34.3 Å². The van der Waals surface area contributed by atoms with Gasteiger partial charge in [-0.2, -0.15) is 14.8 Å². The minimum Gasteiger partial charge on any atom is -0.483 e. The van der Waals surface area contributed by atoms with Crippen LogP contribution in [0.2, 0.25) is 0 Å². The summed E-state index contributed by atoms with van der Waals surface area (Å²) in [6.45, 7) is -1.99. The summed E-state index contributed by atoms with van der Waals surface area (Å²) >= 11 is 0. The van der Waals surface area contributed by atoms with Crippen LogP contribution in [-0.2, 0) is 10.0 Å². The van der Waals surface area contributed by atoms with Crippen LogP contribution in [-0.4, -0.2) is 59.3 Å². The first kappa shape index (κ1) is 21.5. The quantitative estimate of drug-likeness (QED) is 0.679. The van der Waals surface area contributed by atoms with Crippen LogP contribution in [0.4, 0.5) is 8.78 Å². The van der Waals surface area contributed by atoms with Crippen LogP contribution in [0.25, 0.3) is 0 Å². The van der Waals surface area contributed by atoms with Gasteiger partial charge < -0.3 is 14.9 Å². The van der Waals surface area contributed by atoms with Crippen molar-refractivity contribution >= 4 is 10.0 Å². The third-order valence-electron chi connectivity index (χ3n) is 4.59. The number of β-amino-alcohol motifs (C(OH)–C–C–N with tert-alkyl or cyclic N) is 1. The summed E-state index contributed by atoms with van der Waals surface area (Å²) in [6, 6.07) is 6.78. The lowest BCUT2D eigenvalue weighted by Gasteiger charge is -2.27. The lowest BCUT2D eigenvalue weighted by atomic mass is 10.0. The van der Waals surface area contributed by atoms with Crippen molar-refractivity contribution in [3.8, 4) is 17.9 Å². The topological polar surface area (TPSA) is 148 Å². The molecule has 12 heteroatoms. The summed E-state index contributed by atoms with van der Waals surface area (Å²) in [5.74, 6) is -2.80. The van der Waals surface area contributed by atoms with E-state index in [1.807, 2.05) is 0 Å². The highest BCUT2D eigenvalue weighted by Gasteiger charge is 2.51. The van der Waals surface area contributed by atoms with E-state index in [4.69, 9.17) is 15.3 Å². The third-order valence-corrected chi connectivity index (χ3v) is 6.39. The zero-order valence-electron chi connectivity index (χ0n) is 15.2. The molecule has 30 heavy (non-hydrogen) atoms. The van der Waals surface area contributed by atoms with Crippen LogP contribution in [0.1, 0.15) is 11.3 Å². The summed E-state index contributed by atoms with van der Waals surface area (Å²) < 4.78 is 59.7. The van der Waals surface area contributed by atoms with E-state index in [0.717, 1.165) is 16.6 Å². The molecule has 0 spiro atoms. The normalized spacial score (nSPS) is 21.7. The first-order valence-electron chi connectivity index (χ1n) is 8.40. The van der Waals surface area contributed by atoms with Crippen molar-refractivity contribution in [1.82, 2.24) is 9.29 Å². The average Bonchev–Trinajstić information content (AvgIpc) is 3.08. The first-order valence-corrected chi connectivity index (χ1v) is 9.84. The summed E-state index contributed by atoms with van der Waals surface area (Å²) in [7, 11) is -4.20. The SMILES string of the molecule is N#Cc1ccc(S(=O)(=O)N2C[C@H](Oc3cc(F)c(C#N)cc3F)[C@](O)(CO)C2)cn1. The van der Waals surface area contributed by atoms with Crippen molar-refractivity contribution in [3.05, 3.63) is 53.4 Å². The molecule has 1 aromatic carbocycles. The molecule has 2 N–H and O–H groups in total. The van der Waals surface area contributed by atoms with E-state index < -0.39 is 64.4 Å². The smallest absolute Gasteiger partial charge is 0.244 e. The predicted octanol–water partition coefficient (Wildman–Crippen LogP) is 0.278. The second-order valence-corrected chi connectivity index (χ2v) is 8.47. The monoisotopic (exact) mass is 436 g/mol. The van der Waals surface area contributed by atoms with Gasteiger partial charge in [-0.05, 0) is 18.2 Å². The molecular weight excluding hydrogens is 422 g/mol. The van der Waals surface area contributed by atoms with E-state index in [0.29, 0.717) is 12.1 Å². The molecule has 0 saturated carbocycles. The van der Waals surface area contributed by atoms with Gasteiger partial charge in [0.25, 0.3) is 0 Å². The lowest BCUT2D eigenvalue weighted by Crippen LogP contribution is -2.48. The number of hydrogen-bond donors (Lipinski definition) is 2. The van der Waals surface area contributed by atoms with Crippen LogP contribution in [0.5, 0.6) is 5.75 Å². The maximum absolute atomic E-state index is 14.1. The van der Waals surface area contributed by atoms with E-state index in [1.54, 1.807) is 6.07 Å². The van der Waals surface area contributed by atoms with Gasteiger partial charge in [-0.1, -0.05) is 0 Å². The molecular formula is C18H14F2N4O5S. The van der Waals surface area contributed by atoms with E-state index in [1.165, 1.54) is 12.1 Å². The van der Waals surface area contributed by atoms with Crippen LogP contribution < -0.4 is 4.74 Å². The molecule has 1 aliphatic heterocycles. The fourth-order valence-corrected chi connectivity index (χ4v) is 4.36. The molecule has 2 aromatic rings. The largest absolute Gasteiger partial charge is 0.483 e. The fourth-order valence-electron chi connectivity index (χ4n) is 2.91. The summed E-state index contributed by atoms with van der Waals surface area (Å²) in [5, 5.41) is 37.7. The molecule has 2 atom stereocenters. The highest BCUT2D eigenvalue weighted by molar-refractivity contribution is 7.89. The Labute approximate surface area is 170 Å². The Kier molecular flexibility index (Phi) is 5.70. The molecule has 1 fully saturated rings. The van der Waals surface area contributed by atoms with Gasteiger partial charge in [0.1, 0.15) is 40.3 Å². The number of ether oxygens (including phenoxy) is 1. The van der Waals surface area contributed by atoms with Gasteiger partial charge >= 0.3 is 0 Å². The maximum Gasteiger partial charge on any atom is 0.244 e. The molecule has 1 saturated heterocycles. The predicted molar refractivity (Wildman–Crippen MR) is 95.2 cm³/mol. The minimum atomic E-state index is -4.20. The molecule has 1 aliphatic rings. The number of hydrogen-bond acceptors (Lipinski definition) is 8. The van der Waals surface area contributed by atoms with Crippen molar-refractivity contribution in [1.29, 1.82) is 10.5 Å². The average molecular weight is 436 g/mol. The van der Waals surface area contributed by atoms with Gasteiger partial charge in [-0.25, -0.2) is 22.2 Å². The van der Waals surface area contributed by atoms with Gasteiger partial charge in [0.2, 0.25) is 10.0 Å². The van der Waals surface area contributed by atoms with Crippen molar-refractivity contribution in [3.63, 3.8) is 0 Å². The summed E-state index contributed by atoms with van der Waals surface area (Å²) in [6.07, 6.45) is -0.471. The molecule has 0 radical (unpaired) electrons. The Hall–Kier alpha value is -3.16. The first-order chi connectivity index (χ1) is 14.1. The molecule has 0 bridgehead atoms. The number of aromatic nitrogens is 1. The second-order valence-electron chi connectivity index (χ2n) is 6.53. The molecule has 156 valence electrons. The number of aliphatic hydroxyl groups is 2. The molecule has 0 amide bonds. The van der Waals surface area contributed by atoms with Crippen molar-refractivity contribution < 1.29 is 32.1 Å². The Morgan fingerprint density at radius 2 is 2.00 bits per heavy atom. The van der Waals surface area contributed by atoms with E-state index in [9.17, 15) is 27.4 Å². The molecule has 9 nitrogen and oxygen atoms in total. The summed E-state index contributed by atoms with van der Waals surface area (Å²) in [5.41, 5.74) is -2.66. The third kappa shape index (κ3) is 3.81. The Morgan fingerprint density at radius 1 is 1.27 bits per heavy atom. The Balaban J connectivity index is 1.90. The van der Waals surface area contributed by atoms with Gasteiger partial charge in [0, 0.05) is 18.8 Å². The van der Waals surface area contributed by atoms with Gasteiger partial charge in [0.15, 0.2) is 11.6 Å². The molecule has 1 aromatic heterocycles. The fraction of sp³-hybridized carbons (Fsp3) is 0.278. The Bertz CT molecular complexity index is 1160. The number of pyridine rings is 1. The van der Waals surface area contributed by atoms with Gasteiger partial charge in [-0.3, -0.25) is 0 Å². The number of aliphatic hydroxyl groups excluding tert-OH is 1. The van der Waals surface area contributed by atoms with Crippen molar-refractivity contribution in [2.24, 2.45) is 0 Å². The highest BCUT2D eigenvalue weighted by atomic mass is 32.2. The number of sulfonamides is 1. The molecule has 0 unspecified atom stereocenters. The molecule has 3 rings (SSSR count). The molecule has 2 heterocycles. The lowest BCUT2D eigenvalue weighted by molar-refractivity contribution is -0.0650. The second kappa shape index (κ2) is 7.93. The number of nitrogens with zero attached hydrogens (tertiary/aromatic N) is 4. The zero-order valence-corrected chi connectivity index (χ0v) is 16.0. The highest BCUT2D eigenvalue weighted by Crippen LogP contribution is 2.32. The van der Waals surface area contributed by atoms with Crippen LogP contribution >= 0.6 is 0 Å². The number of rotatable bonds is 5. The summed E-state index contributed by atoms with van der Waals surface area (Å²) in [4.78, 5) is 3.42. The standard InChI is InChI=1S/C18H14F2N4O5S/c19-14-4-16(15(20)3-11(14)5-21)29-17-8-24(9-18(17,26)10-25)30(27,28)13-2-1-12(6-22)23-7-13/h1-4,7,17,25-26H,8-10H2/t17-,18+/m0/s1. The van der Waals surface area contributed by atoms with Crippen LogP contribution in [0.15, 0.2) is 35.4 Å². The zero-order chi connectivity index (χ0) is 22.1. The van der Waals surface area contributed by atoms with E-state index in [-0.39, 0.29) is 10.6 Å². The van der Waals surface area contributed by atoms with Gasteiger partial charge in [-0.15, -0.1) is 0 Å². The number of nitriles is 2. The van der Waals surface area contributed by atoms with Crippen LogP contribution in [0.3, 0.4) is 0 Å². The van der Waals surface area contributed by atoms with Crippen molar-refractivity contribution in [2.45, 2.75) is 16.6 Å². The Morgan fingerprint density at radius 3 is 2.57 bits per heavy atom. The van der Waals surface area contributed by atoms with Crippen molar-refractivity contribution in [2.75, 3.05) is 19.7 Å². The molecule has 0 aliphatic carbocycles. The number of benzene rings is 1. The van der Waals surface area contributed by atoms with E-state index >= 15 is 0 Å². The van der Waals surface area contributed by atoms with Gasteiger partial charge in [0.05, 0.1) is 18.7 Å². The van der Waals surface area contributed by atoms with E-state index in [2.05, 4.69) is 4.98 Å². The minimum absolute atomic E-state index is 0.00163.